The van der Waals surface area contributed by atoms with Crippen LogP contribution in [0.1, 0.15) is 28.4 Å². The van der Waals surface area contributed by atoms with E-state index in [-0.39, 0.29) is 0 Å². The Kier molecular flexibility index (Phi) is 7.83. The summed E-state index contributed by atoms with van der Waals surface area (Å²) in [5.41, 5.74) is 12.4. The van der Waals surface area contributed by atoms with Crippen LogP contribution in [0.3, 0.4) is 0 Å². The molecule has 3 heterocycles. The van der Waals surface area contributed by atoms with Gasteiger partial charge in [0.2, 0.25) is 0 Å². The number of hydrogen-bond acceptors (Lipinski definition) is 4. The third kappa shape index (κ3) is 5.33. The number of nitrogens with one attached hydrogen (secondary N) is 1. The summed E-state index contributed by atoms with van der Waals surface area (Å²) < 4.78 is 4.77. The highest BCUT2D eigenvalue weighted by atomic mass is 15.2. The highest BCUT2D eigenvalue weighted by Crippen LogP contribution is 2.44. The van der Waals surface area contributed by atoms with Crippen molar-refractivity contribution in [3.8, 4) is 28.6 Å². The fourth-order valence-electron chi connectivity index (χ4n) is 8.73. The number of fused-ring (bicyclic) bond motifs is 6. The number of aliphatic imine (C=N–C) groups is 2. The van der Waals surface area contributed by atoms with Gasteiger partial charge >= 0.3 is 0 Å². The van der Waals surface area contributed by atoms with E-state index in [1.807, 2.05) is 36.4 Å². The lowest BCUT2D eigenvalue weighted by molar-refractivity contribution is 0.670. The first-order chi connectivity index (χ1) is 28.7. The van der Waals surface area contributed by atoms with Gasteiger partial charge in [0.25, 0.3) is 0 Å². The molecule has 0 radical (unpaired) electrons. The fraction of sp³-hybridized carbons (Fsp3) is 0.0192. The van der Waals surface area contributed by atoms with Crippen LogP contribution in [0.15, 0.2) is 204 Å². The van der Waals surface area contributed by atoms with Gasteiger partial charge in [-0.05, 0) is 65.7 Å². The monoisotopic (exact) mass is 742 g/mol. The zero-order valence-electron chi connectivity index (χ0n) is 31.3. The molecule has 0 bridgehead atoms. The Bertz CT molecular complexity index is 3330. The van der Waals surface area contributed by atoms with E-state index >= 15 is 0 Å². The van der Waals surface area contributed by atoms with Crippen molar-refractivity contribution in [1.29, 1.82) is 5.26 Å². The molecule has 0 fully saturated rings. The summed E-state index contributed by atoms with van der Waals surface area (Å²) in [6.07, 6.45) is -0.470. The van der Waals surface area contributed by atoms with Crippen LogP contribution >= 0.6 is 0 Å². The van der Waals surface area contributed by atoms with Crippen LogP contribution in [0.5, 0.6) is 0 Å². The summed E-state index contributed by atoms with van der Waals surface area (Å²) in [6.45, 7) is 0. The van der Waals surface area contributed by atoms with Crippen LogP contribution in [-0.4, -0.2) is 20.8 Å². The third-order valence-electron chi connectivity index (χ3n) is 11.2. The number of aromatic nitrogens is 2. The first kappa shape index (κ1) is 33.3. The number of amidine groups is 2. The first-order valence-corrected chi connectivity index (χ1v) is 19.4. The van der Waals surface area contributed by atoms with Crippen molar-refractivity contribution in [3.05, 3.63) is 216 Å². The zero-order chi connectivity index (χ0) is 38.6. The molecule has 1 aliphatic rings. The second-order valence-electron chi connectivity index (χ2n) is 14.5. The number of hydrogen-bond donors (Lipinski definition) is 1. The largest absolute Gasteiger partial charge is 0.344 e. The number of rotatable bonds is 6. The molecule has 0 aliphatic carbocycles. The van der Waals surface area contributed by atoms with Gasteiger partial charge in [-0.2, -0.15) is 5.26 Å². The van der Waals surface area contributed by atoms with E-state index < -0.39 is 6.17 Å². The Morgan fingerprint density at radius 1 is 0.500 bits per heavy atom. The Morgan fingerprint density at radius 3 is 1.76 bits per heavy atom. The third-order valence-corrected chi connectivity index (χ3v) is 11.2. The molecule has 1 atom stereocenters. The number of benzene rings is 8. The van der Waals surface area contributed by atoms with Crippen molar-refractivity contribution in [1.82, 2.24) is 14.5 Å². The number of nitriles is 1. The maximum Gasteiger partial charge on any atom is 0.159 e. The van der Waals surface area contributed by atoms with Gasteiger partial charge in [0, 0.05) is 43.9 Å². The quantitative estimate of drug-likeness (QED) is 0.184. The zero-order valence-corrected chi connectivity index (χ0v) is 31.3. The molecular weight excluding hydrogens is 709 g/mol. The minimum atomic E-state index is -0.470. The Morgan fingerprint density at radius 2 is 1.05 bits per heavy atom. The van der Waals surface area contributed by atoms with Gasteiger partial charge in [-0.1, -0.05) is 140 Å². The summed E-state index contributed by atoms with van der Waals surface area (Å²) in [6, 6.07) is 69.8. The maximum absolute atomic E-state index is 9.73. The molecule has 6 nitrogen and oxygen atoms in total. The average molecular weight is 743 g/mol. The van der Waals surface area contributed by atoms with Gasteiger partial charge in [0.1, 0.15) is 12.0 Å². The lowest BCUT2D eigenvalue weighted by Gasteiger charge is -2.26. The predicted octanol–water partition coefficient (Wildman–Crippen LogP) is 11.9. The van der Waals surface area contributed by atoms with E-state index in [4.69, 9.17) is 9.98 Å². The molecule has 2 aromatic heterocycles. The van der Waals surface area contributed by atoms with E-state index in [1.165, 1.54) is 43.7 Å². The highest BCUT2D eigenvalue weighted by Gasteiger charge is 2.26. The maximum atomic E-state index is 9.73. The topological polar surface area (TPSA) is 70.4 Å². The molecule has 10 aromatic rings. The van der Waals surface area contributed by atoms with Crippen LogP contribution in [-0.2, 0) is 0 Å². The Balaban J connectivity index is 1.14. The molecule has 0 saturated carbocycles. The molecule has 11 rings (SSSR count). The molecule has 8 aromatic carbocycles. The Hall–Kier alpha value is -8.01. The van der Waals surface area contributed by atoms with E-state index in [1.54, 1.807) is 6.07 Å². The minimum absolute atomic E-state index is 0.470. The molecule has 0 saturated heterocycles. The molecule has 58 heavy (non-hydrogen) atoms. The SMILES string of the molecule is N#Cc1cccc(C2=NC(c3ccccc3-n3c4ccccc4c4c(-c5cccc6c5c5ccccc5n6-c5ccccc5)cccc43)NC(c3ccccc3)=N2)c1. The number of nitrogens with zero attached hydrogens (tertiary/aromatic N) is 5. The molecule has 6 heteroatoms. The Labute approximate surface area is 334 Å². The van der Waals surface area contributed by atoms with Gasteiger partial charge in [0.05, 0.1) is 39.4 Å². The standard InChI is InChI=1S/C52H34N6/c53-33-34-16-13-19-36(32-34)51-54-50(35-17-3-1-4-18-35)55-52(56-51)42-24-9-12-29-45(42)58-44-28-11-8-23-41(44)49-39(26-15-31-47(49)58)38-25-14-30-46-48(38)40-22-7-10-27-43(40)57(46)37-20-5-2-6-21-37/h1-32,52H,(H,54,55,56). The molecular formula is C52H34N6. The van der Waals surface area contributed by atoms with Crippen LogP contribution < -0.4 is 5.32 Å². The summed E-state index contributed by atoms with van der Waals surface area (Å²) in [5, 5.41) is 18.2. The lowest BCUT2D eigenvalue weighted by Crippen LogP contribution is -2.34. The molecule has 1 unspecified atom stereocenters. The van der Waals surface area contributed by atoms with Crippen molar-refractivity contribution in [2.24, 2.45) is 9.98 Å². The van der Waals surface area contributed by atoms with E-state index in [0.717, 1.165) is 44.9 Å². The molecule has 0 spiro atoms. The molecule has 272 valence electrons. The highest BCUT2D eigenvalue weighted by molar-refractivity contribution is 6.22. The van der Waals surface area contributed by atoms with Crippen molar-refractivity contribution in [3.63, 3.8) is 0 Å². The average Bonchev–Trinajstić information content (AvgIpc) is 3.83. The smallest absolute Gasteiger partial charge is 0.159 e. The van der Waals surface area contributed by atoms with Crippen molar-refractivity contribution < 1.29 is 0 Å². The fourth-order valence-corrected chi connectivity index (χ4v) is 8.73. The second-order valence-corrected chi connectivity index (χ2v) is 14.5. The summed E-state index contributed by atoms with van der Waals surface area (Å²) in [4.78, 5) is 10.3. The molecule has 1 N–H and O–H groups in total. The van der Waals surface area contributed by atoms with Crippen LogP contribution in [0.25, 0.3) is 66.1 Å². The predicted molar refractivity (Wildman–Crippen MR) is 237 cm³/mol. The lowest BCUT2D eigenvalue weighted by atomic mass is 9.95. The van der Waals surface area contributed by atoms with E-state index in [0.29, 0.717) is 11.4 Å². The van der Waals surface area contributed by atoms with Gasteiger partial charge in [0.15, 0.2) is 5.84 Å². The first-order valence-electron chi connectivity index (χ1n) is 19.4. The molecule has 0 amide bonds. The van der Waals surface area contributed by atoms with Gasteiger partial charge in [-0.15, -0.1) is 0 Å². The van der Waals surface area contributed by atoms with Crippen LogP contribution in [0.2, 0.25) is 0 Å². The van der Waals surface area contributed by atoms with Gasteiger partial charge in [-0.25, -0.2) is 9.98 Å². The molecule has 1 aliphatic heterocycles. The van der Waals surface area contributed by atoms with Crippen molar-refractivity contribution in [2.75, 3.05) is 0 Å². The van der Waals surface area contributed by atoms with Gasteiger partial charge < -0.3 is 14.5 Å². The van der Waals surface area contributed by atoms with Crippen LogP contribution in [0, 0.1) is 11.3 Å². The van der Waals surface area contributed by atoms with E-state index in [2.05, 4.69) is 172 Å². The van der Waals surface area contributed by atoms with Crippen molar-refractivity contribution >= 4 is 55.3 Å². The summed E-state index contributed by atoms with van der Waals surface area (Å²) >= 11 is 0. The number of para-hydroxylation sites is 4. The van der Waals surface area contributed by atoms with Gasteiger partial charge in [-0.3, -0.25) is 0 Å². The minimum Gasteiger partial charge on any atom is -0.344 e. The van der Waals surface area contributed by atoms with Crippen LogP contribution in [0.4, 0.5) is 0 Å². The second kappa shape index (κ2) is 13.6. The summed E-state index contributed by atoms with van der Waals surface area (Å²) in [7, 11) is 0. The summed E-state index contributed by atoms with van der Waals surface area (Å²) in [5.74, 6) is 1.29. The van der Waals surface area contributed by atoms with E-state index in [9.17, 15) is 5.26 Å². The van der Waals surface area contributed by atoms with Crippen molar-refractivity contribution in [2.45, 2.75) is 6.17 Å². The normalized spacial score (nSPS) is 14.0.